The Hall–Kier alpha value is -1.83. The molecular weight excluding hydrogens is 495 g/mol. The van der Waals surface area contributed by atoms with Crippen LogP contribution in [-0.2, 0) is 16.7 Å². The number of rotatable bonds is 7. The van der Waals surface area contributed by atoms with E-state index in [2.05, 4.69) is 71.9 Å². The Balaban J connectivity index is 1.65. The first-order valence-corrected chi connectivity index (χ1v) is 14.3. The van der Waals surface area contributed by atoms with Crippen molar-refractivity contribution in [2.75, 3.05) is 17.2 Å². The summed E-state index contributed by atoms with van der Waals surface area (Å²) in [5.74, 6) is -0.334. The Morgan fingerprint density at radius 3 is 2.71 bits per heavy atom. The van der Waals surface area contributed by atoms with Gasteiger partial charge in [-0.1, -0.05) is 0 Å². The van der Waals surface area contributed by atoms with Crippen molar-refractivity contribution in [2.24, 2.45) is 0 Å². The maximum absolute atomic E-state index is 11.1. The summed E-state index contributed by atoms with van der Waals surface area (Å²) in [6, 6.07) is 16.7. The van der Waals surface area contributed by atoms with Crippen molar-refractivity contribution in [3.63, 3.8) is 0 Å². The molecule has 162 valence electrons. The first-order chi connectivity index (χ1) is 14.9. The summed E-state index contributed by atoms with van der Waals surface area (Å²) in [5, 5.41) is 1.21. The van der Waals surface area contributed by atoms with Gasteiger partial charge in [-0.25, -0.2) is 0 Å². The van der Waals surface area contributed by atoms with E-state index in [4.69, 9.17) is 0 Å². The first kappa shape index (κ1) is 22.4. The van der Waals surface area contributed by atoms with E-state index in [0.29, 0.717) is 13.0 Å². The zero-order chi connectivity index (χ0) is 22.0. The minimum absolute atomic E-state index is 0.142. The van der Waals surface area contributed by atoms with Crippen molar-refractivity contribution in [1.29, 1.82) is 0 Å². The zero-order valence-electron chi connectivity index (χ0n) is 17.4. The van der Waals surface area contributed by atoms with Gasteiger partial charge in [-0.3, -0.25) is 0 Å². The number of benzene rings is 2. The number of fused-ring (bicyclic) bond motifs is 2. The number of hydrogen-bond acceptors (Lipinski definition) is 5. The number of allylic oxidation sites excluding steroid dienone is 2. The van der Waals surface area contributed by atoms with E-state index >= 15 is 0 Å². The molecule has 0 aliphatic carbocycles. The topological polar surface area (TPSA) is 64.3 Å². The van der Waals surface area contributed by atoms with Gasteiger partial charge in [0.25, 0.3) is 0 Å². The van der Waals surface area contributed by atoms with E-state index in [1.54, 1.807) is 11.8 Å². The second-order valence-corrected chi connectivity index (χ2v) is 12.2. The molecule has 0 unspecified atom stereocenters. The molecule has 0 bridgehead atoms. The van der Waals surface area contributed by atoms with Crippen LogP contribution in [0.3, 0.4) is 0 Å². The molecule has 0 amide bonds. The zero-order valence-corrected chi connectivity index (χ0v) is 20.8. The molecule has 31 heavy (non-hydrogen) atoms. The molecule has 2 aromatic carbocycles. The normalized spacial score (nSPS) is 15.8. The van der Waals surface area contributed by atoms with Crippen LogP contribution < -0.4 is 9.47 Å². The molecule has 3 aromatic rings. The number of aromatic nitrogens is 1. The summed E-state index contributed by atoms with van der Waals surface area (Å²) in [5.41, 5.74) is 3.52. The molecule has 2 heterocycles. The number of hydrogen-bond donors (Lipinski definition) is 0. The molecule has 5 nitrogen and oxygen atoms in total. The predicted molar refractivity (Wildman–Crippen MR) is 127 cm³/mol. The second-order valence-electron chi connectivity index (χ2n) is 7.36. The molecule has 0 N–H and O–H groups in total. The molecule has 4 rings (SSSR count). The third-order valence-electron chi connectivity index (χ3n) is 5.07. The van der Waals surface area contributed by atoms with E-state index in [1.807, 2.05) is 12.1 Å². The molecule has 0 spiro atoms. The standard InChI is InChI=1S/C23H24N2O3S2Se/c1-3-24-18-9-4-6-11-20(18)29-22(24)15-17(2)16-23-25(13-8-14-30(26,27)28)19-10-5-7-12-21(19)31-23/h4-7,9-12,15-16H,3,8,13-14H2,1-2H3. The van der Waals surface area contributed by atoms with Gasteiger partial charge in [0.15, 0.2) is 0 Å². The van der Waals surface area contributed by atoms with Crippen molar-refractivity contribution in [2.45, 2.75) is 31.7 Å². The summed E-state index contributed by atoms with van der Waals surface area (Å²) < 4.78 is 37.8. The Morgan fingerprint density at radius 1 is 1.19 bits per heavy atom. The fourth-order valence-electron chi connectivity index (χ4n) is 3.71. The minimum atomic E-state index is -4.20. The Bertz CT molecular complexity index is 1280. The van der Waals surface area contributed by atoms with E-state index in [9.17, 15) is 13.0 Å². The predicted octanol–water partition coefficient (Wildman–Crippen LogP) is 4.00. The number of anilines is 1. The van der Waals surface area contributed by atoms with E-state index in [0.717, 1.165) is 17.6 Å². The van der Waals surface area contributed by atoms with Gasteiger partial charge in [-0.2, -0.15) is 0 Å². The van der Waals surface area contributed by atoms with Crippen LogP contribution in [0, 0.1) is 0 Å². The summed E-state index contributed by atoms with van der Waals surface area (Å²) in [4.78, 5) is 3.60. The van der Waals surface area contributed by atoms with Crippen LogP contribution in [0.25, 0.3) is 15.9 Å². The molecule has 1 aliphatic rings. The average molecular weight is 520 g/mol. The van der Waals surface area contributed by atoms with E-state index in [1.165, 1.54) is 24.4 Å². The van der Waals surface area contributed by atoms with Gasteiger partial charge in [-0.05, 0) is 0 Å². The van der Waals surface area contributed by atoms with Crippen molar-refractivity contribution in [3.05, 3.63) is 69.8 Å². The number of nitrogens with zero attached hydrogens (tertiary/aromatic N) is 2. The molecule has 1 aromatic heterocycles. The first-order valence-electron chi connectivity index (χ1n) is 10.1. The van der Waals surface area contributed by atoms with Crippen molar-refractivity contribution >= 4 is 57.9 Å². The van der Waals surface area contributed by atoms with Crippen molar-refractivity contribution in [3.8, 4) is 0 Å². The summed E-state index contributed by atoms with van der Waals surface area (Å²) in [6.45, 7) is 5.70. The van der Waals surface area contributed by atoms with Crippen molar-refractivity contribution in [1.82, 2.24) is 0 Å². The van der Waals surface area contributed by atoms with Gasteiger partial charge >= 0.3 is 194 Å². The molecule has 0 atom stereocenters. The quantitative estimate of drug-likeness (QED) is 0.268. The van der Waals surface area contributed by atoms with Crippen LogP contribution in [-0.4, -0.2) is 39.8 Å². The monoisotopic (exact) mass is 520 g/mol. The van der Waals surface area contributed by atoms with Crippen LogP contribution >= 0.6 is 11.8 Å². The summed E-state index contributed by atoms with van der Waals surface area (Å²) in [7, 11) is -4.20. The Kier molecular flexibility index (Phi) is 6.74. The van der Waals surface area contributed by atoms with Crippen LogP contribution in [0.5, 0.6) is 0 Å². The Morgan fingerprint density at radius 2 is 1.94 bits per heavy atom. The fourth-order valence-corrected chi connectivity index (χ4v) is 7.94. The van der Waals surface area contributed by atoms with Gasteiger partial charge in [0, 0.05) is 0 Å². The van der Waals surface area contributed by atoms with Gasteiger partial charge in [0.2, 0.25) is 0 Å². The fraction of sp³-hybridized carbons (Fsp3) is 0.261. The van der Waals surface area contributed by atoms with Gasteiger partial charge in [0.05, 0.1) is 0 Å². The second kappa shape index (κ2) is 9.35. The SMILES string of the molecule is CCN1C(=CC(C)=Cc2[se]c3ccccc3[n+]2CCCS(=O)(=O)[O-])Sc2ccccc21. The molecule has 0 saturated carbocycles. The van der Waals surface area contributed by atoms with Crippen LogP contribution in [0.2, 0.25) is 0 Å². The number of aryl methyl sites for hydroxylation is 1. The number of para-hydroxylation sites is 2. The van der Waals surface area contributed by atoms with Crippen LogP contribution in [0.15, 0.2) is 70.1 Å². The third kappa shape index (κ3) is 5.16. The molecular formula is C23H24N2O3S2Se. The van der Waals surface area contributed by atoms with Gasteiger partial charge in [-0.15, -0.1) is 0 Å². The summed E-state index contributed by atoms with van der Waals surface area (Å²) >= 11 is 1.93. The summed E-state index contributed by atoms with van der Waals surface area (Å²) in [6.07, 6.45) is 4.75. The molecule has 0 fully saturated rings. The number of thioether (sulfide) groups is 1. The molecule has 8 heteroatoms. The van der Waals surface area contributed by atoms with Crippen LogP contribution in [0.4, 0.5) is 5.69 Å². The van der Waals surface area contributed by atoms with E-state index in [-0.39, 0.29) is 20.3 Å². The molecule has 0 radical (unpaired) electrons. The maximum atomic E-state index is 11.1. The van der Waals surface area contributed by atoms with Crippen molar-refractivity contribution < 1.29 is 17.5 Å². The molecule has 1 aliphatic heterocycles. The van der Waals surface area contributed by atoms with Gasteiger partial charge in [0.1, 0.15) is 0 Å². The average Bonchev–Trinajstić information content (AvgIpc) is 3.24. The van der Waals surface area contributed by atoms with E-state index < -0.39 is 10.1 Å². The van der Waals surface area contributed by atoms with Gasteiger partial charge < -0.3 is 0 Å². The van der Waals surface area contributed by atoms with Crippen LogP contribution in [0.1, 0.15) is 24.8 Å². The third-order valence-corrected chi connectivity index (χ3v) is 9.30. The Labute approximate surface area is 193 Å². The molecule has 0 saturated heterocycles.